The normalized spacial score (nSPS) is 21.1. The lowest BCUT2D eigenvalue weighted by Crippen LogP contribution is -2.54. The summed E-state index contributed by atoms with van der Waals surface area (Å²) in [6.07, 6.45) is -4.10. The lowest BCUT2D eigenvalue weighted by atomic mass is 9.92. The molecule has 0 aromatic rings. The molecular weight excluding hydrogens is 273 g/mol. The number of methoxy groups -OCH3 is 1. The monoisotopic (exact) mass is 296 g/mol. The lowest BCUT2D eigenvalue weighted by molar-refractivity contribution is -0.157. The van der Waals surface area contributed by atoms with Crippen molar-refractivity contribution in [2.75, 3.05) is 33.3 Å². The van der Waals surface area contributed by atoms with Crippen molar-refractivity contribution in [2.24, 2.45) is 0 Å². The quantitative estimate of drug-likeness (QED) is 0.787. The number of hydrogen-bond acceptors (Lipinski definition) is 4. The van der Waals surface area contributed by atoms with Crippen LogP contribution in [0.1, 0.15) is 32.6 Å². The van der Waals surface area contributed by atoms with Crippen LogP contribution in [-0.2, 0) is 9.53 Å². The Labute approximate surface area is 117 Å². The molecule has 1 rings (SSSR count). The van der Waals surface area contributed by atoms with Crippen molar-refractivity contribution >= 4 is 5.97 Å². The maximum absolute atomic E-state index is 12.3. The van der Waals surface area contributed by atoms with Crippen LogP contribution < -0.4 is 5.32 Å². The standard InChI is InChI=1S/C13H23F3N2O2/c1-12(11(19)20-2,5-3-6-13(14,15)16)18-9-4-7-17-8-10-18/h17H,3-10H2,1-2H3. The van der Waals surface area contributed by atoms with Crippen LogP contribution in [0.15, 0.2) is 0 Å². The highest BCUT2D eigenvalue weighted by molar-refractivity contribution is 5.80. The molecule has 0 aliphatic carbocycles. The van der Waals surface area contributed by atoms with Crippen molar-refractivity contribution in [3.05, 3.63) is 0 Å². The van der Waals surface area contributed by atoms with Gasteiger partial charge in [0.15, 0.2) is 0 Å². The molecule has 0 radical (unpaired) electrons. The Morgan fingerprint density at radius 2 is 1.95 bits per heavy atom. The molecule has 1 aliphatic rings. The molecule has 0 aromatic heterocycles. The van der Waals surface area contributed by atoms with Crippen LogP contribution in [0, 0.1) is 0 Å². The Bertz CT molecular complexity index is 315. The Hall–Kier alpha value is -0.820. The number of carbonyl (C=O) groups is 1. The number of rotatable bonds is 5. The van der Waals surface area contributed by atoms with Crippen molar-refractivity contribution in [3.63, 3.8) is 0 Å². The predicted molar refractivity (Wildman–Crippen MR) is 69.4 cm³/mol. The van der Waals surface area contributed by atoms with Crippen LogP contribution >= 0.6 is 0 Å². The molecule has 7 heteroatoms. The summed E-state index contributed by atoms with van der Waals surface area (Å²) < 4.78 is 41.7. The van der Waals surface area contributed by atoms with Gasteiger partial charge in [0.2, 0.25) is 0 Å². The highest BCUT2D eigenvalue weighted by Gasteiger charge is 2.41. The largest absolute Gasteiger partial charge is 0.468 e. The summed E-state index contributed by atoms with van der Waals surface area (Å²) >= 11 is 0. The Morgan fingerprint density at radius 3 is 2.55 bits per heavy atom. The molecule has 0 amide bonds. The molecule has 4 nitrogen and oxygen atoms in total. The van der Waals surface area contributed by atoms with Crippen molar-refractivity contribution in [1.82, 2.24) is 10.2 Å². The van der Waals surface area contributed by atoms with E-state index in [0.717, 1.165) is 19.5 Å². The highest BCUT2D eigenvalue weighted by atomic mass is 19.4. The third kappa shape index (κ3) is 4.94. The van der Waals surface area contributed by atoms with E-state index in [9.17, 15) is 18.0 Å². The van der Waals surface area contributed by atoms with Crippen molar-refractivity contribution in [3.8, 4) is 0 Å². The van der Waals surface area contributed by atoms with Crippen LogP contribution in [0.3, 0.4) is 0 Å². The van der Waals surface area contributed by atoms with Gasteiger partial charge in [-0.2, -0.15) is 13.2 Å². The molecule has 0 saturated carbocycles. The zero-order valence-electron chi connectivity index (χ0n) is 12.1. The van der Waals surface area contributed by atoms with E-state index in [1.165, 1.54) is 7.11 Å². The van der Waals surface area contributed by atoms with Gasteiger partial charge < -0.3 is 10.1 Å². The zero-order chi connectivity index (χ0) is 15.2. The van der Waals surface area contributed by atoms with Gasteiger partial charge in [-0.25, -0.2) is 0 Å². The summed E-state index contributed by atoms with van der Waals surface area (Å²) in [6.45, 7) is 4.59. The van der Waals surface area contributed by atoms with Crippen LogP contribution in [0.25, 0.3) is 0 Å². The summed E-state index contributed by atoms with van der Waals surface area (Å²) in [5.74, 6) is -0.457. The van der Waals surface area contributed by atoms with Gasteiger partial charge in [-0.05, 0) is 32.7 Å². The molecule has 0 spiro atoms. The van der Waals surface area contributed by atoms with Crippen LogP contribution in [-0.4, -0.2) is 55.9 Å². The molecule has 118 valence electrons. The van der Waals surface area contributed by atoms with Crippen LogP contribution in [0.4, 0.5) is 13.2 Å². The van der Waals surface area contributed by atoms with Crippen molar-refractivity contribution < 1.29 is 22.7 Å². The van der Waals surface area contributed by atoms with E-state index in [2.05, 4.69) is 5.32 Å². The Kier molecular flexibility index (Phi) is 6.26. The number of nitrogens with zero attached hydrogens (tertiary/aromatic N) is 1. The molecule has 1 heterocycles. The Morgan fingerprint density at radius 1 is 1.25 bits per heavy atom. The minimum atomic E-state index is -4.18. The van der Waals surface area contributed by atoms with E-state index in [1.807, 2.05) is 4.90 Å². The van der Waals surface area contributed by atoms with Gasteiger partial charge in [0.25, 0.3) is 0 Å². The van der Waals surface area contributed by atoms with Crippen LogP contribution in [0.2, 0.25) is 0 Å². The molecule has 1 atom stereocenters. The maximum atomic E-state index is 12.3. The first kappa shape index (κ1) is 17.2. The first-order valence-corrected chi connectivity index (χ1v) is 6.90. The van der Waals surface area contributed by atoms with Gasteiger partial charge in [0, 0.05) is 26.1 Å². The van der Waals surface area contributed by atoms with E-state index in [0.29, 0.717) is 13.1 Å². The molecule has 1 saturated heterocycles. The fourth-order valence-corrected chi connectivity index (χ4v) is 2.58. The summed E-state index contributed by atoms with van der Waals surface area (Å²) in [5.41, 5.74) is -0.980. The second-order valence-electron chi connectivity index (χ2n) is 5.32. The second kappa shape index (κ2) is 7.26. The molecule has 1 unspecified atom stereocenters. The fourth-order valence-electron chi connectivity index (χ4n) is 2.58. The van der Waals surface area contributed by atoms with Gasteiger partial charge >= 0.3 is 12.1 Å². The topological polar surface area (TPSA) is 41.6 Å². The second-order valence-corrected chi connectivity index (χ2v) is 5.32. The molecule has 1 fully saturated rings. The van der Waals surface area contributed by atoms with E-state index in [4.69, 9.17) is 4.74 Å². The number of nitrogens with one attached hydrogen (secondary N) is 1. The zero-order valence-corrected chi connectivity index (χ0v) is 12.1. The maximum Gasteiger partial charge on any atom is 0.389 e. The van der Waals surface area contributed by atoms with E-state index in [1.54, 1.807) is 6.92 Å². The Balaban J connectivity index is 2.71. The summed E-state index contributed by atoms with van der Waals surface area (Å²) in [6, 6.07) is 0. The number of ether oxygens (including phenoxy) is 1. The van der Waals surface area contributed by atoms with E-state index >= 15 is 0 Å². The predicted octanol–water partition coefficient (Wildman–Crippen LogP) is 1.95. The summed E-state index contributed by atoms with van der Waals surface area (Å²) in [5, 5.41) is 3.21. The highest BCUT2D eigenvalue weighted by Crippen LogP contribution is 2.29. The minimum Gasteiger partial charge on any atom is -0.468 e. The fraction of sp³-hybridized carbons (Fsp3) is 0.923. The summed E-state index contributed by atoms with van der Waals surface area (Å²) in [7, 11) is 1.28. The van der Waals surface area contributed by atoms with E-state index < -0.39 is 24.1 Å². The molecule has 1 aliphatic heterocycles. The smallest absolute Gasteiger partial charge is 0.389 e. The van der Waals surface area contributed by atoms with E-state index in [-0.39, 0.29) is 12.8 Å². The molecule has 0 aromatic carbocycles. The number of hydrogen-bond donors (Lipinski definition) is 1. The van der Waals surface area contributed by atoms with Crippen LogP contribution in [0.5, 0.6) is 0 Å². The average Bonchev–Trinajstić information content (AvgIpc) is 2.65. The minimum absolute atomic E-state index is 0.0704. The van der Waals surface area contributed by atoms with Crippen molar-refractivity contribution in [1.29, 1.82) is 0 Å². The number of carbonyl (C=O) groups excluding carboxylic acids is 1. The van der Waals surface area contributed by atoms with Gasteiger partial charge in [0.1, 0.15) is 5.54 Å². The average molecular weight is 296 g/mol. The van der Waals surface area contributed by atoms with Gasteiger partial charge in [0.05, 0.1) is 7.11 Å². The SMILES string of the molecule is COC(=O)C(C)(CCCC(F)(F)F)N1CCCNCC1. The number of alkyl halides is 3. The molecular formula is C13H23F3N2O2. The van der Waals surface area contributed by atoms with Crippen molar-refractivity contribution in [2.45, 2.75) is 44.3 Å². The molecule has 0 bridgehead atoms. The lowest BCUT2D eigenvalue weighted by Gasteiger charge is -2.38. The van der Waals surface area contributed by atoms with Gasteiger partial charge in [-0.1, -0.05) is 0 Å². The number of halogens is 3. The number of esters is 1. The first-order valence-electron chi connectivity index (χ1n) is 6.90. The molecule has 1 N–H and O–H groups in total. The third-order valence-corrected chi connectivity index (χ3v) is 3.79. The van der Waals surface area contributed by atoms with Gasteiger partial charge in [-0.15, -0.1) is 0 Å². The molecule has 20 heavy (non-hydrogen) atoms. The first-order chi connectivity index (χ1) is 9.29. The summed E-state index contributed by atoms with van der Waals surface area (Å²) in [4.78, 5) is 14.0. The third-order valence-electron chi connectivity index (χ3n) is 3.79. The van der Waals surface area contributed by atoms with Gasteiger partial charge in [-0.3, -0.25) is 9.69 Å².